The molecule has 0 saturated carbocycles. The molecule has 1 rings (SSSR count). The third-order valence-corrected chi connectivity index (χ3v) is 1.94. The van der Waals surface area contributed by atoms with Gasteiger partial charge < -0.3 is 10.8 Å². The molecule has 1 unspecified atom stereocenters. The van der Waals surface area contributed by atoms with Crippen LogP contribution in [0.1, 0.15) is 24.5 Å². The van der Waals surface area contributed by atoms with Crippen molar-refractivity contribution in [2.45, 2.75) is 18.9 Å². The highest BCUT2D eigenvalue weighted by Crippen LogP contribution is 2.17. The first-order chi connectivity index (χ1) is 6.24. The van der Waals surface area contributed by atoms with Gasteiger partial charge >= 0.3 is 0 Å². The van der Waals surface area contributed by atoms with Gasteiger partial charge in [0.2, 0.25) is 0 Å². The van der Waals surface area contributed by atoms with Crippen LogP contribution in [0.25, 0.3) is 0 Å². The summed E-state index contributed by atoms with van der Waals surface area (Å²) < 4.78 is 12.5. The Hall–Kier alpha value is -0.640. The van der Waals surface area contributed by atoms with Gasteiger partial charge in [-0.15, -0.1) is 12.4 Å². The third-order valence-electron chi connectivity index (χ3n) is 1.94. The van der Waals surface area contributed by atoms with Crippen molar-refractivity contribution in [1.82, 2.24) is 0 Å². The molecule has 0 aliphatic heterocycles. The highest BCUT2D eigenvalue weighted by molar-refractivity contribution is 5.85. The van der Waals surface area contributed by atoms with E-state index in [0.29, 0.717) is 13.0 Å². The Morgan fingerprint density at radius 2 is 1.86 bits per heavy atom. The van der Waals surface area contributed by atoms with Crippen molar-refractivity contribution in [2.75, 3.05) is 6.54 Å². The highest BCUT2D eigenvalue weighted by Gasteiger charge is 2.05. The number of halogens is 2. The molecule has 0 spiro atoms. The van der Waals surface area contributed by atoms with E-state index in [9.17, 15) is 9.50 Å². The molecule has 0 aliphatic rings. The molecule has 0 bridgehead atoms. The van der Waals surface area contributed by atoms with Gasteiger partial charge in [-0.2, -0.15) is 0 Å². The fourth-order valence-electron chi connectivity index (χ4n) is 1.16. The standard InChI is InChI=1S/C10H14FNO.ClH/c11-9-5-3-8(4-6-9)10(13)2-1-7-12;/h3-6,10,13H,1-2,7,12H2;1H. The number of hydrogen-bond donors (Lipinski definition) is 2. The fourth-order valence-corrected chi connectivity index (χ4v) is 1.16. The minimum absolute atomic E-state index is 0. The van der Waals surface area contributed by atoms with E-state index in [-0.39, 0.29) is 18.2 Å². The summed E-state index contributed by atoms with van der Waals surface area (Å²) in [5.74, 6) is -0.283. The van der Waals surface area contributed by atoms with Crippen molar-refractivity contribution in [1.29, 1.82) is 0 Å². The van der Waals surface area contributed by atoms with E-state index < -0.39 is 6.10 Å². The van der Waals surface area contributed by atoms with E-state index >= 15 is 0 Å². The van der Waals surface area contributed by atoms with Crippen molar-refractivity contribution in [3.63, 3.8) is 0 Å². The Labute approximate surface area is 89.3 Å². The summed E-state index contributed by atoms with van der Waals surface area (Å²) >= 11 is 0. The molecule has 3 N–H and O–H groups in total. The molecule has 80 valence electrons. The van der Waals surface area contributed by atoms with Gasteiger partial charge in [-0.05, 0) is 37.1 Å². The molecule has 0 heterocycles. The van der Waals surface area contributed by atoms with Crippen LogP contribution < -0.4 is 5.73 Å². The van der Waals surface area contributed by atoms with Crippen LogP contribution in [0, 0.1) is 5.82 Å². The summed E-state index contributed by atoms with van der Waals surface area (Å²) in [5, 5.41) is 9.56. The Morgan fingerprint density at radius 1 is 1.29 bits per heavy atom. The predicted octanol–water partition coefficient (Wildman–Crippen LogP) is 2.02. The van der Waals surface area contributed by atoms with Gasteiger partial charge in [0.1, 0.15) is 5.82 Å². The summed E-state index contributed by atoms with van der Waals surface area (Å²) in [4.78, 5) is 0. The first kappa shape index (κ1) is 13.4. The predicted molar refractivity (Wildman–Crippen MR) is 56.9 cm³/mol. The van der Waals surface area contributed by atoms with Crippen molar-refractivity contribution < 1.29 is 9.50 Å². The van der Waals surface area contributed by atoms with Gasteiger partial charge in [0.15, 0.2) is 0 Å². The largest absolute Gasteiger partial charge is 0.388 e. The van der Waals surface area contributed by atoms with Gasteiger partial charge in [-0.25, -0.2) is 4.39 Å². The van der Waals surface area contributed by atoms with Gasteiger partial charge in [0.05, 0.1) is 6.10 Å². The summed E-state index contributed by atoms with van der Waals surface area (Å²) in [6, 6.07) is 5.88. The van der Waals surface area contributed by atoms with Gasteiger partial charge in [-0.3, -0.25) is 0 Å². The van der Waals surface area contributed by atoms with E-state index in [1.807, 2.05) is 0 Å². The number of hydrogen-bond acceptors (Lipinski definition) is 2. The van der Waals surface area contributed by atoms with Gasteiger partial charge in [-0.1, -0.05) is 12.1 Å². The summed E-state index contributed by atoms with van der Waals surface area (Å²) in [5.41, 5.74) is 6.05. The van der Waals surface area contributed by atoms with Crippen LogP contribution in [-0.2, 0) is 0 Å². The van der Waals surface area contributed by atoms with Crippen LogP contribution in [0.3, 0.4) is 0 Å². The number of aliphatic hydroxyl groups excluding tert-OH is 1. The quantitative estimate of drug-likeness (QED) is 0.814. The number of aliphatic hydroxyl groups is 1. The fraction of sp³-hybridized carbons (Fsp3) is 0.400. The Kier molecular flexibility index (Phi) is 6.45. The zero-order valence-corrected chi connectivity index (χ0v) is 8.64. The van der Waals surface area contributed by atoms with Crippen LogP contribution in [0.15, 0.2) is 24.3 Å². The lowest BCUT2D eigenvalue weighted by Gasteiger charge is -2.09. The van der Waals surface area contributed by atoms with E-state index in [0.717, 1.165) is 12.0 Å². The van der Waals surface area contributed by atoms with Gasteiger partial charge in [0, 0.05) is 0 Å². The smallest absolute Gasteiger partial charge is 0.123 e. The Bertz CT molecular complexity index is 253. The van der Waals surface area contributed by atoms with Crippen LogP contribution >= 0.6 is 12.4 Å². The van der Waals surface area contributed by atoms with Crippen LogP contribution in [0.2, 0.25) is 0 Å². The molecule has 0 saturated heterocycles. The minimum atomic E-state index is -0.524. The number of rotatable bonds is 4. The Balaban J connectivity index is 0.00000169. The second-order valence-electron chi connectivity index (χ2n) is 3.00. The van der Waals surface area contributed by atoms with Crippen LogP contribution in [0.4, 0.5) is 4.39 Å². The number of benzene rings is 1. The lowest BCUT2D eigenvalue weighted by atomic mass is 10.1. The van der Waals surface area contributed by atoms with E-state index in [1.165, 1.54) is 12.1 Å². The monoisotopic (exact) mass is 219 g/mol. The van der Waals surface area contributed by atoms with Crippen LogP contribution in [0.5, 0.6) is 0 Å². The summed E-state index contributed by atoms with van der Waals surface area (Å²) in [7, 11) is 0. The maximum atomic E-state index is 12.5. The molecule has 1 aromatic carbocycles. The topological polar surface area (TPSA) is 46.2 Å². The molecule has 0 aromatic heterocycles. The second kappa shape index (κ2) is 6.76. The lowest BCUT2D eigenvalue weighted by Crippen LogP contribution is -2.03. The molecule has 14 heavy (non-hydrogen) atoms. The Morgan fingerprint density at radius 3 is 2.36 bits per heavy atom. The van der Waals surface area contributed by atoms with Crippen molar-refractivity contribution in [3.05, 3.63) is 35.6 Å². The zero-order valence-electron chi connectivity index (χ0n) is 7.82. The average Bonchev–Trinajstić information content (AvgIpc) is 2.15. The highest BCUT2D eigenvalue weighted by atomic mass is 35.5. The van der Waals surface area contributed by atoms with Crippen LogP contribution in [-0.4, -0.2) is 11.7 Å². The molecule has 1 atom stereocenters. The minimum Gasteiger partial charge on any atom is -0.388 e. The maximum Gasteiger partial charge on any atom is 0.123 e. The molecule has 1 aromatic rings. The lowest BCUT2D eigenvalue weighted by molar-refractivity contribution is 0.165. The summed E-state index contributed by atoms with van der Waals surface area (Å²) in [6.07, 6.45) is 0.880. The summed E-state index contributed by atoms with van der Waals surface area (Å²) in [6.45, 7) is 0.568. The van der Waals surface area contributed by atoms with Crippen molar-refractivity contribution >= 4 is 12.4 Å². The molecule has 0 amide bonds. The molecular weight excluding hydrogens is 205 g/mol. The van der Waals surface area contributed by atoms with E-state index in [1.54, 1.807) is 12.1 Å². The van der Waals surface area contributed by atoms with Crippen molar-refractivity contribution in [2.24, 2.45) is 5.73 Å². The molecule has 0 radical (unpaired) electrons. The van der Waals surface area contributed by atoms with E-state index in [4.69, 9.17) is 5.73 Å². The number of nitrogens with two attached hydrogens (primary N) is 1. The maximum absolute atomic E-state index is 12.5. The van der Waals surface area contributed by atoms with Crippen molar-refractivity contribution in [3.8, 4) is 0 Å². The normalized spacial score (nSPS) is 11.9. The first-order valence-electron chi connectivity index (χ1n) is 4.37. The third kappa shape index (κ3) is 4.05. The molecule has 4 heteroatoms. The first-order valence-corrected chi connectivity index (χ1v) is 4.37. The molecular formula is C10H15ClFNO. The second-order valence-corrected chi connectivity index (χ2v) is 3.00. The molecule has 0 fully saturated rings. The van der Waals surface area contributed by atoms with E-state index in [2.05, 4.69) is 0 Å². The SMILES string of the molecule is Cl.NCCCC(O)c1ccc(F)cc1. The average molecular weight is 220 g/mol. The molecule has 2 nitrogen and oxygen atoms in total. The van der Waals surface area contributed by atoms with Gasteiger partial charge in [0.25, 0.3) is 0 Å². The zero-order chi connectivity index (χ0) is 9.68. The molecule has 0 aliphatic carbocycles.